The average molecular weight is 798 g/mol. The van der Waals surface area contributed by atoms with Gasteiger partial charge in [-0.2, -0.15) is 20.5 Å². The monoisotopic (exact) mass is 797 g/mol. The van der Waals surface area contributed by atoms with E-state index in [0.29, 0.717) is 87.1 Å². The van der Waals surface area contributed by atoms with Crippen molar-refractivity contribution in [1.82, 2.24) is 40.8 Å². The number of carbonyl (C=O) groups is 3. The second-order valence-electron chi connectivity index (χ2n) is 15.8. The highest BCUT2D eigenvalue weighted by atomic mass is 16.2. The van der Waals surface area contributed by atoms with E-state index in [9.17, 15) is 24.9 Å². The molecular weight excluding hydrogens is 751 g/mol. The maximum absolute atomic E-state index is 13.3. The molecule has 0 spiro atoms. The van der Waals surface area contributed by atoms with Gasteiger partial charge < -0.3 is 26.6 Å². The molecule has 1 aromatic carbocycles. The molecule has 3 aliphatic rings. The van der Waals surface area contributed by atoms with Crippen LogP contribution in [0.3, 0.4) is 0 Å². The number of hydrazine groups is 1. The fourth-order valence-electron chi connectivity index (χ4n) is 7.94. The van der Waals surface area contributed by atoms with Crippen LogP contribution in [0.15, 0.2) is 49.1 Å². The molecule has 304 valence electrons. The molecular formula is C41H47N15O3. The zero-order valence-corrected chi connectivity index (χ0v) is 33.2. The molecule has 2 fully saturated rings. The number of hydrogen-bond donors (Lipinski definition) is 7. The van der Waals surface area contributed by atoms with E-state index in [-0.39, 0.29) is 47.2 Å². The molecule has 7 rings (SSSR count). The molecule has 0 radical (unpaired) electrons. The number of rotatable bonds is 14. The zero-order valence-electron chi connectivity index (χ0n) is 33.2. The van der Waals surface area contributed by atoms with Crippen LogP contribution in [0.2, 0.25) is 0 Å². The molecule has 0 saturated heterocycles. The van der Waals surface area contributed by atoms with Gasteiger partial charge in [-0.15, -0.1) is 0 Å². The van der Waals surface area contributed by atoms with E-state index in [4.69, 9.17) is 0 Å². The van der Waals surface area contributed by atoms with E-state index in [1.54, 1.807) is 0 Å². The maximum Gasteiger partial charge on any atom is 0.242 e. The van der Waals surface area contributed by atoms with Crippen LogP contribution < -0.4 is 37.4 Å². The lowest BCUT2D eigenvalue weighted by atomic mass is 9.58. The Morgan fingerprint density at radius 3 is 2.20 bits per heavy atom. The third-order valence-electron chi connectivity index (χ3n) is 11.6. The number of aryl methyl sites for hydroxylation is 1. The van der Waals surface area contributed by atoms with Crippen molar-refractivity contribution in [3.8, 4) is 12.1 Å². The first-order valence-corrected chi connectivity index (χ1v) is 19.8. The Balaban J connectivity index is 0.844. The molecule has 59 heavy (non-hydrogen) atoms. The highest BCUT2D eigenvalue weighted by molar-refractivity contribution is 6.02. The summed E-state index contributed by atoms with van der Waals surface area (Å²) in [5, 5.41) is 35.4. The minimum Gasteiger partial charge on any atom is -0.366 e. The van der Waals surface area contributed by atoms with Crippen LogP contribution >= 0.6 is 0 Å². The maximum atomic E-state index is 13.3. The van der Waals surface area contributed by atoms with Crippen molar-refractivity contribution >= 4 is 46.9 Å². The summed E-state index contributed by atoms with van der Waals surface area (Å²) in [6.07, 6.45) is 8.69. The van der Waals surface area contributed by atoms with Crippen molar-refractivity contribution in [1.29, 1.82) is 10.5 Å². The average Bonchev–Trinajstić information content (AvgIpc) is 3.56. The Kier molecular flexibility index (Phi) is 12.1. The smallest absolute Gasteiger partial charge is 0.242 e. The largest absolute Gasteiger partial charge is 0.366 e. The molecule has 3 aromatic heterocycles. The third-order valence-corrected chi connectivity index (χ3v) is 11.6. The summed E-state index contributed by atoms with van der Waals surface area (Å²) >= 11 is 0. The number of para-hydroxylation sites is 1. The van der Waals surface area contributed by atoms with E-state index in [2.05, 4.69) is 79.5 Å². The fraction of sp³-hybridized carbons (Fsp3) is 0.439. The molecule has 3 amide bonds. The quantitative estimate of drug-likeness (QED) is 0.0892. The lowest BCUT2D eigenvalue weighted by Gasteiger charge is -2.51. The number of benzene rings is 1. The van der Waals surface area contributed by atoms with Gasteiger partial charge in [-0.1, -0.05) is 32.0 Å². The number of anilines is 5. The normalized spacial score (nSPS) is 21.3. The SMILES string of the molecule is Cc1cc(CCNc2ncc(C#N)c(N[C@H]3CC[C@@H](C(=O)NNC(=O)[C@H]4C[C@@H](Nc5nc(NCCC6C(=O)Nc7ccccc76)ncc5C#N)C4(C)C)CC3)n2)ncn1. The number of carbonyl (C=O) groups excluding carboxylic acids is 3. The summed E-state index contributed by atoms with van der Waals surface area (Å²) < 4.78 is 0. The summed E-state index contributed by atoms with van der Waals surface area (Å²) in [4.78, 5) is 65.0. The van der Waals surface area contributed by atoms with Gasteiger partial charge in [-0.25, -0.2) is 19.9 Å². The van der Waals surface area contributed by atoms with Gasteiger partial charge in [0.2, 0.25) is 29.6 Å². The number of hydrogen-bond acceptors (Lipinski definition) is 15. The van der Waals surface area contributed by atoms with Gasteiger partial charge >= 0.3 is 0 Å². The molecule has 4 aromatic rings. The van der Waals surface area contributed by atoms with E-state index in [1.807, 2.05) is 51.1 Å². The van der Waals surface area contributed by atoms with Gasteiger partial charge in [0, 0.05) is 60.5 Å². The molecule has 4 heterocycles. The van der Waals surface area contributed by atoms with Gasteiger partial charge in [0.15, 0.2) is 0 Å². The van der Waals surface area contributed by atoms with Crippen LogP contribution in [0, 0.1) is 46.8 Å². The summed E-state index contributed by atoms with van der Waals surface area (Å²) in [7, 11) is 0. The molecule has 3 atom stereocenters. The Labute approximate surface area is 341 Å². The molecule has 1 unspecified atom stereocenters. The van der Waals surface area contributed by atoms with Gasteiger partial charge in [-0.3, -0.25) is 25.2 Å². The van der Waals surface area contributed by atoms with E-state index < -0.39 is 11.3 Å². The first kappa shape index (κ1) is 40.3. The molecule has 1 aliphatic heterocycles. The standard InChI is InChI=1S/C41H47N15O3/c1-23-16-28(49-22-48-23)12-14-44-39-46-20-25(18-42)34(53-39)50-27-10-8-24(9-11-27)36(57)55-56-38(59)31-17-33(41(31,2)3)52-35-26(19-43)21-47-40(54-35)45-15-13-30-29-6-4-5-7-32(29)51-37(30)58/h4-7,16,20-22,24,27,30-31,33H,8-15,17H2,1-3H3,(H,51,58)(H,55,57)(H,56,59)(H2,44,46,50,53)(H2,45,47,52,54)/t24-,27+,30?,31-,33-/m1/s1. The number of nitriles is 2. The van der Waals surface area contributed by atoms with E-state index >= 15 is 0 Å². The Morgan fingerprint density at radius 1 is 0.864 bits per heavy atom. The van der Waals surface area contributed by atoms with Crippen LogP contribution in [0.25, 0.3) is 0 Å². The number of amides is 3. The second kappa shape index (κ2) is 17.7. The van der Waals surface area contributed by atoms with Crippen LogP contribution in [-0.4, -0.2) is 72.8 Å². The molecule has 0 bridgehead atoms. The van der Waals surface area contributed by atoms with Crippen molar-refractivity contribution < 1.29 is 14.4 Å². The third kappa shape index (κ3) is 9.28. The van der Waals surface area contributed by atoms with E-state index in [1.165, 1.54) is 18.7 Å². The molecule has 18 heteroatoms. The predicted octanol–water partition coefficient (Wildman–Crippen LogP) is 3.95. The summed E-state index contributed by atoms with van der Waals surface area (Å²) in [6, 6.07) is 13.7. The fourth-order valence-corrected chi connectivity index (χ4v) is 7.94. The lowest BCUT2D eigenvalue weighted by Crippen LogP contribution is -2.61. The van der Waals surface area contributed by atoms with Crippen LogP contribution in [0.5, 0.6) is 0 Å². The van der Waals surface area contributed by atoms with Crippen molar-refractivity contribution in [3.05, 3.63) is 77.1 Å². The number of nitrogens with zero attached hydrogens (tertiary/aromatic N) is 8. The second-order valence-corrected chi connectivity index (χ2v) is 15.8. The van der Waals surface area contributed by atoms with Crippen molar-refractivity contribution in [2.24, 2.45) is 17.3 Å². The lowest BCUT2D eigenvalue weighted by molar-refractivity contribution is -0.140. The van der Waals surface area contributed by atoms with Crippen molar-refractivity contribution in [2.45, 2.75) is 83.7 Å². The predicted molar refractivity (Wildman–Crippen MR) is 218 cm³/mol. The van der Waals surface area contributed by atoms with Crippen LogP contribution in [0.4, 0.5) is 29.2 Å². The first-order chi connectivity index (χ1) is 28.5. The van der Waals surface area contributed by atoms with Gasteiger partial charge in [0.25, 0.3) is 0 Å². The topological polar surface area (TPSA) is 260 Å². The van der Waals surface area contributed by atoms with Crippen molar-refractivity contribution in [2.75, 3.05) is 39.7 Å². The highest BCUT2D eigenvalue weighted by Crippen LogP contribution is 2.48. The van der Waals surface area contributed by atoms with Crippen LogP contribution in [0.1, 0.15) is 86.4 Å². The Hall–Kier alpha value is -6.95. The molecule has 2 saturated carbocycles. The number of nitrogens with one attached hydrogen (secondary N) is 7. The highest BCUT2D eigenvalue weighted by Gasteiger charge is 2.52. The van der Waals surface area contributed by atoms with Crippen LogP contribution in [-0.2, 0) is 20.8 Å². The summed E-state index contributed by atoms with van der Waals surface area (Å²) in [5.74, 6) is -0.0132. The van der Waals surface area contributed by atoms with Crippen molar-refractivity contribution in [3.63, 3.8) is 0 Å². The van der Waals surface area contributed by atoms with Gasteiger partial charge in [0.1, 0.15) is 41.2 Å². The minimum absolute atomic E-state index is 0.00862. The Morgan fingerprint density at radius 2 is 1.53 bits per heavy atom. The molecule has 18 nitrogen and oxygen atoms in total. The van der Waals surface area contributed by atoms with E-state index in [0.717, 1.165) is 22.6 Å². The van der Waals surface area contributed by atoms with Gasteiger partial charge in [-0.05, 0) is 68.6 Å². The number of aromatic nitrogens is 6. The van der Waals surface area contributed by atoms with Gasteiger partial charge in [0.05, 0.1) is 18.3 Å². The number of fused-ring (bicyclic) bond motifs is 1. The first-order valence-electron chi connectivity index (χ1n) is 19.8. The molecule has 2 aliphatic carbocycles. The molecule has 7 N–H and O–H groups in total. The Bertz CT molecular complexity index is 2300. The summed E-state index contributed by atoms with van der Waals surface area (Å²) in [5.41, 5.74) is 8.96. The minimum atomic E-state index is -0.526. The zero-order chi connectivity index (χ0) is 41.5. The summed E-state index contributed by atoms with van der Waals surface area (Å²) in [6.45, 7) is 6.83.